The average molecular weight is 485 g/mol. The molecule has 1 aliphatic rings. The minimum absolute atomic E-state index is 0.364. The molecule has 0 aliphatic carbocycles. The van der Waals surface area contributed by atoms with Crippen molar-refractivity contribution < 1.29 is 14.3 Å². The maximum atomic E-state index is 13.4. The largest absolute Gasteiger partial charge is 0.497 e. The van der Waals surface area contributed by atoms with Crippen LogP contribution in [0.3, 0.4) is 0 Å². The van der Waals surface area contributed by atoms with Crippen LogP contribution in [0.4, 0.5) is 5.69 Å². The number of hydrogen-bond donors (Lipinski definition) is 2. The van der Waals surface area contributed by atoms with Crippen molar-refractivity contribution in [1.82, 2.24) is 9.88 Å². The predicted octanol–water partition coefficient (Wildman–Crippen LogP) is 4.81. The van der Waals surface area contributed by atoms with Crippen molar-refractivity contribution in [3.8, 4) is 11.8 Å². The van der Waals surface area contributed by atoms with Crippen molar-refractivity contribution in [1.29, 1.82) is 5.26 Å². The SMILES string of the molecule is COc1ccc(C2c3[nH]c4ccc(Cl)cc4c3CCN2C(=O)C(=O)Nc2ccc(C#N)cc2)cc1. The molecule has 1 aliphatic heterocycles. The molecule has 2 heterocycles. The van der Waals surface area contributed by atoms with Gasteiger partial charge in [0.25, 0.3) is 0 Å². The fourth-order valence-electron chi connectivity index (χ4n) is 4.56. The van der Waals surface area contributed by atoms with Gasteiger partial charge in [0.15, 0.2) is 0 Å². The van der Waals surface area contributed by atoms with E-state index in [0.29, 0.717) is 35.0 Å². The first-order valence-corrected chi connectivity index (χ1v) is 11.4. The van der Waals surface area contributed by atoms with Gasteiger partial charge in [-0.1, -0.05) is 23.7 Å². The summed E-state index contributed by atoms with van der Waals surface area (Å²) in [4.78, 5) is 31.4. The van der Waals surface area contributed by atoms with Crippen LogP contribution in [0.25, 0.3) is 10.9 Å². The number of nitrogens with one attached hydrogen (secondary N) is 2. The number of benzene rings is 3. The van der Waals surface area contributed by atoms with Crippen molar-refractivity contribution in [3.05, 3.63) is 94.1 Å². The fraction of sp³-hybridized carbons (Fsp3) is 0.148. The normalized spacial score (nSPS) is 14.8. The molecule has 5 rings (SSSR count). The molecule has 1 atom stereocenters. The number of ether oxygens (including phenoxy) is 1. The molecule has 7 nitrogen and oxygen atoms in total. The first kappa shape index (κ1) is 22.5. The highest BCUT2D eigenvalue weighted by Gasteiger charge is 2.37. The van der Waals surface area contributed by atoms with Gasteiger partial charge in [0.2, 0.25) is 0 Å². The number of nitriles is 1. The number of hydrogen-bond acceptors (Lipinski definition) is 4. The van der Waals surface area contributed by atoms with E-state index in [9.17, 15) is 9.59 Å². The quantitative estimate of drug-likeness (QED) is 0.407. The summed E-state index contributed by atoms with van der Waals surface area (Å²) in [5.41, 5.74) is 4.63. The standard InChI is InChI=1S/C27H21ClN4O3/c1-35-20-9-4-17(5-10-20)25-24-21(22-14-18(28)6-11-23(22)31-24)12-13-32(25)27(34)26(33)30-19-7-2-16(15-29)3-8-19/h2-11,14,25,31H,12-13H2,1H3,(H,30,33). The van der Waals surface area contributed by atoms with Gasteiger partial charge in [-0.15, -0.1) is 0 Å². The number of H-pyrrole nitrogens is 1. The van der Waals surface area contributed by atoms with E-state index in [-0.39, 0.29) is 0 Å². The summed E-state index contributed by atoms with van der Waals surface area (Å²) < 4.78 is 5.30. The Bertz CT molecular complexity index is 1470. The summed E-state index contributed by atoms with van der Waals surface area (Å²) in [6.07, 6.45) is 0.582. The third-order valence-corrected chi connectivity index (χ3v) is 6.48. The zero-order valence-electron chi connectivity index (χ0n) is 18.8. The molecule has 174 valence electrons. The topological polar surface area (TPSA) is 98.2 Å². The third-order valence-electron chi connectivity index (χ3n) is 6.25. The summed E-state index contributed by atoms with van der Waals surface area (Å²) in [5, 5.41) is 13.3. The smallest absolute Gasteiger partial charge is 0.313 e. The molecule has 0 saturated heterocycles. The van der Waals surface area contributed by atoms with Gasteiger partial charge in [-0.05, 0) is 72.1 Å². The third kappa shape index (κ3) is 4.20. The molecule has 2 N–H and O–H groups in total. The van der Waals surface area contributed by atoms with E-state index in [0.717, 1.165) is 27.7 Å². The lowest BCUT2D eigenvalue weighted by atomic mass is 9.92. The molecule has 8 heteroatoms. The van der Waals surface area contributed by atoms with Gasteiger partial charge < -0.3 is 19.9 Å². The number of amides is 2. The van der Waals surface area contributed by atoms with Crippen LogP contribution in [0.2, 0.25) is 5.02 Å². The average Bonchev–Trinajstić information content (AvgIpc) is 3.26. The lowest BCUT2D eigenvalue weighted by Gasteiger charge is -2.35. The maximum absolute atomic E-state index is 13.4. The number of nitrogens with zero attached hydrogens (tertiary/aromatic N) is 2. The van der Waals surface area contributed by atoms with Gasteiger partial charge in [-0.3, -0.25) is 9.59 Å². The molecule has 2 amide bonds. The highest BCUT2D eigenvalue weighted by molar-refractivity contribution is 6.39. The highest BCUT2D eigenvalue weighted by Crippen LogP contribution is 2.39. The Morgan fingerprint density at radius 3 is 2.54 bits per heavy atom. The van der Waals surface area contributed by atoms with Gasteiger partial charge in [-0.2, -0.15) is 5.26 Å². The Labute approximate surface area is 206 Å². The second kappa shape index (κ2) is 9.16. The number of methoxy groups -OCH3 is 1. The lowest BCUT2D eigenvalue weighted by molar-refractivity contribution is -0.144. The van der Waals surface area contributed by atoms with E-state index in [1.165, 1.54) is 0 Å². The molecular formula is C27H21ClN4O3. The van der Waals surface area contributed by atoms with E-state index < -0.39 is 17.9 Å². The molecule has 0 spiro atoms. The second-order valence-electron chi connectivity index (χ2n) is 8.27. The Morgan fingerprint density at radius 1 is 1.11 bits per heavy atom. The van der Waals surface area contributed by atoms with Crippen molar-refractivity contribution in [2.45, 2.75) is 12.5 Å². The van der Waals surface area contributed by atoms with E-state index in [1.807, 2.05) is 48.5 Å². The molecule has 0 radical (unpaired) electrons. The molecule has 3 aromatic carbocycles. The van der Waals surface area contributed by atoms with E-state index in [1.54, 1.807) is 36.3 Å². The van der Waals surface area contributed by atoms with E-state index in [2.05, 4.69) is 10.3 Å². The van der Waals surface area contributed by atoms with Gasteiger partial charge in [0.1, 0.15) is 5.75 Å². The van der Waals surface area contributed by atoms with Crippen molar-refractivity contribution in [2.75, 3.05) is 19.0 Å². The van der Waals surface area contributed by atoms with Gasteiger partial charge in [-0.25, -0.2) is 0 Å². The number of anilines is 1. The van der Waals surface area contributed by atoms with Crippen LogP contribution in [0.5, 0.6) is 5.75 Å². The van der Waals surface area contributed by atoms with Gasteiger partial charge in [0.05, 0.1) is 24.8 Å². The van der Waals surface area contributed by atoms with Crippen LogP contribution in [0.1, 0.15) is 28.4 Å². The predicted molar refractivity (Wildman–Crippen MR) is 133 cm³/mol. The maximum Gasteiger partial charge on any atom is 0.313 e. The molecule has 0 fully saturated rings. The number of carbonyl (C=O) groups is 2. The minimum atomic E-state index is -0.740. The summed E-state index contributed by atoms with van der Waals surface area (Å²) >= 11 is 6.26. The Kier molecular flexibility index (Phi) is 5.89. The van der Waals surface area contributed by atoms with Crippen molar-refractivity contribution >= 4 is 40.0 Å². The fourth-order valence-corrected chi connectivity index (χ4v) is 4.73. The summed E-state index contributed by atoms with van der Waals surface area (Å²) in [7, 11) is 1.60. The Morgan fingerprint density at radius 2 is 1.86 bits per heavy atom. The Balaban J connectivity index is 1.52. The van der Waals surface area contributed by atoms with Crippen molar-refractivity contribution in [3.63, 3.8) is 0 Å². The van der Waals surface area contributed by atoms with Gasteiger partial charge in [0, 0.05) is 33.9 Å². The first-order chi connectivity index (χ1) is 17.0. The summed E-state index contributed by atoms with van der Waals surface area (Å²) in [6, 6.07) is 21.0. The monoisotopic (exact) mass is 484 g/mol. The van der Waals surface area contributed by atoms with Crippen LogP contribution in [-0.2, 0) is 16.0 Å². The molecule has 1 unspecified atom stereocenters. The molecule has 0 saturated carbocycles. The van der Waals surface area contributed by atoms with Crippen LogP contribution < -0.4 is 10.1 Å². The zero-order chi connectivity index (χ0) is 24.5. The molecule has 1 aromatic heterocycles. The van der Waals surface area contributed by atoms with Crippen LogP contribution in [0, 0.1) is 11.3 Å². The molecule has 4 aromatic rings. The van der Waals surface area contributed by atoms with Crippen LogP contribution in [-0.4, -0.2) is 35.4 Å². The number of aromatic nitrogens is 1. The zero-order valence-corrected chi connectivity index (χ0v) is 19.6. The van der Waals surface area contributed by atoms with E-state index in [4.69, 9.17) is 21.6 Å². The second-order valence-corrected chi connectivity index (χ2v) is 8.71. The van der Waals surface area contributed by atoms with Crippen LogP contribution >= 0.6 is 11.6 Å². The van der Waals surface area contributed by atoms with Gasteiger partial charge >= 0.3 is 11.8 Å². The number of halogens is 1. The van der Waals surface area contributed by atoms with Crippen molar-refractivity contribution in [2.24, 2.45) is 0 Å². The molecule has 0 bridgehead atoms. The Hall–Kier alpha value is -4.28. The molecule has 35 heavy (non-hydrogen) atoms. The summed E-state index contributed by atoms with van der Waals surface area (Å²) in [5.74, 6) is -0.682. The van der Waals surface area contributed by atoms with E-state index >= 15 is 0 Å². The first-order valence-electron chi connectivity index (χ1n) is 11.0. The molecular weight excluding hydrogens is 464 g/mol. The van der Waals surface area contributed by atoms with Crippen LogP contribution in [0.15, 0.2) is 66.7 Å². The highest BCUT2D eigenvalue weighted by atomic mass is 35.5. The summed E-state index contributed by atoms with van der Waals surface area (Å²) in [6.45, 7) is 0.364. The minimum Gasteiger partial charge on any atom is -0.497 e. The number of fused-ring (bicyclic) bond motifs is 3. The number of carbonyl (C=O) groups excluding carboxylic acids is 2. The number of aromatic amines is 1. The number of rotatable bonds is 3. The lowest BCUT2D eigenvalue weighted by Crippen LogP contribution is -2.45.